The van der Waals surface area contributed by atoms with E-state index in [1.54, 1.807) is 0 Å². The van der Waals surface area contributed by atoms with Gasteiger partial charge >= 0.3 is 0 Å². The molecule has 0 amide bonds. The molecule has 1 N–H and O–H groups in total. The van der Waals surface area contributed by atoms with E-state index in [0.29, 0.717) is 0 Å². The second-order valence-corrected chi connectivity index (χ2v) is 5.25. The summed E-state index contributed by atoms with van der Waals surface area (Å²) in [5.74, 6) is 1.87. The molecule has 0 radical (unpaired) electrons. The van der Waals surface area contributed by atoms with Crippen LogP contribution in [0.2, 0.25) is 0 Å². The molecular weight excluding hydrogens is 260 g/mol. The Morgan fingerprint density at radius 3 is 2.90 bits per heavy atom. The van der Waals surface area contributed by atoms with Crippen LogP contribution in [0, 0.1) is 0 Å². The van der Waals surface area contributed by atoms with E-state index in [-0.39, 0.29) is 6.04 Å². The van der Waals surface area contributed by atoms with Crippen LogP contribution < -0.4 is 5.32 Å². The van der Waals surface area contributed by atoms with E-state index in [1.807, 2.05) is 30.5 Å². The number of nitrogens with zero attached hydrogens (tertiary/aromatic N) is 1. The Bertz CT molecular complexity index is 727. The van der Waals surface area contributed by atoms with Gasteiger partial charge in [-0.15, -0.1) is 0 Å². The zero-order valence-corrected chi connectivity index (χ0v) is 12.5. The maximum Gasteiger partial charge on any atom is 0.135 e. The highest BCUT2D eigenvalue weighted by molar-refractivity contribution is 5.93. The van der Waals surface area contributed by atoms with Crippen LogP contribution in [0.15, 0.2) is 53.1 Å². The van der Waals surface area contributed by atoms with Crippen LogP contribution >= 0.6 is 0 Å². The highest BCUT2D eigenvalue weighted by Crippen LogP contribution is 2.30. The van der Waals surface area contributed by atoms with Crippen molar-refractivity contribution in [3.05, 3.63) is 54.4 Å². The molecule has 3 heteroatoms. The number of rotatable bonds is 5. The fraction of sp³-hybridized carbons (Fsp3) is 0.278. The number of hydrogen-bond acceptors (Lipinski definition) is 3. The van der Waals surface area contributed by atoms with Crippen LogP contribution in [0.1, 0.15) is 32.1 Å². The van der Waals surface area contributed by atoms with Gasteiger partial charge in [-0.25, -0.2) is 0 Å². The highest BCUT2D eigenvalue weighted by Gasteiger charge is 2.12. The first-order valence-electron chi connectivity index (χ1n) is 7.47. The van der Waals surface area contributed by atoms with Crippen LogP contribution in [0.25, 0.3) is 22.2 Å². The molecule has 21 heavy (non-hydrogen) atoms. The number of nitrogens with one attached hydrogen (secondary N) is 1. The lowest BCUT2D eigenvalue weighted by molar-refractivity contribution is 0.439. The maximum absolute atomic E-state index is 6.05. The van der Waals surface area contributed by atoms with Gasteiger partial charge in [0, 0.05) is 17.1 Å². The standard InChI is InChI=1S/C18H20N2O/c1-3-11-19-13(2)17-9-10-18(21-17)15-6-4-8-16-14(15)7-5-12-20-16/h4-10,12-13,19H,3,11H2,1-2H3. The molecule has 0 aliphatic heterocycles. The lowest BCUT2D eigenvalue weighted by Crippen LogP contribution is -2.18. The quantitative estimate of drug-likeness (QED) is 0.744. The topological polar surface area (TPSA) is 38.1 Å². The van der Waals surface area contributed by atoms with Crippen molar-refractivity contribution >= 4 is 10.9 Å². The summed E-state index contributed by atoms with van der Waals surface area (Å²) in [6.45, 7) is 5.29. The van der Waals surface area contributed by atoms with Gasteiger partial charge in [-0.3, -0.25) is 4.98 Å². The molecule has 2 heterocycles. The molecule has 3 aromatic rings. The molecule has 0 fully saturated rings. The number of hydrogen-bond donors (Lipinski definition) is 1. The van der Waals surface area contributed by atoms with Crippen molar-refractivity contribution < 1.29 is 4.42 Å². The summed E-state index contributed by atoms with van der Waals surface area (Å²) >= 11 is 0. The van der Waals surface area contributed by atoms with Gasteiger partial charge in [0.1, 0.15) is 11.5 Å². The molecular formula is C18H20N2O. The molecule has 0 saturated carbocycles. The van der Waals surface area contributed by atoms with Gasteiger partial charge in [0.2, 0.25) is 0 Å². The molecule has 1 unspecified atom stereocenters. The van der Waals surface area contributed by atoms with Crippen molar-refractivity contribution in [3.8, 4) is 11.3 Å². The van der Waals surface area contributed by atoms with Crippen molar-refractivity contribution in [2.75, 3.05) is 6.54 Å². The van der Waals surface area contributed by atoms with E-state index in [4.69, 9.17) is 4.42 Å². The minimum atomic E-state index is 0.229. The van der Waals surface area contributed by atoms with Gasteiger partial charge in [0.15, 0.2) is 0 Å². The van der Waals surface area contributed by atoms with E-state index < -0.39 is 0 Å². The van der Waals surface area contributed by atoms with Gasteiger partial charge in [-0.05, 0) is 44.2 Å². The minimum Gasteiger partial charge on any atom is -0.459 e. The third kappa shape index (κ3) is 2.83. The largest absolute Gasteiger partial charge is 0.459 e. The Labute approximate surface area is 125 Å². The first-order valence-corrected chi connectivity index (χ1v) is 7.47. The van der Waals surface area contributed by atoms with Crippen LogP contribution in [0.5, 0.6) is 0 Å². The van der Waals surface area contributed by atoms with Crippen LogP contribution in [-0.2, 0) is 0 Å². The number of aromatic nitrogens is 1. The fourth-order valence-corrected chi connectivity index (χ4v) is 2.51. The van der Waals surface area contributed by atoms with Crippen molar-refractivity contribution in [2.45, 2.75) is 26.3 Å². The average molecular weight is 280 g/mol. The maximum atomic E-state index is 6.05. The number of benzene rings is 1. The molecule has 3 rings (SSSR count). The predicted molar refractivity (Wildman–Crippen MR) is 86.2 cm³/mol. The van der Waals surface area contributed by atoms with Crippen molar-refractivity contribution in [1.29, 1.82) is 0 Å². The zero-order valence-electron chi connectivity index (χ0n) is 12.5. The van der Waals surface area contributed by atoms with Crippen LogP contribution in [0.3, 0.4) is 0 Å². The second kappa shape index (κ2) is 6.10. The van der Waals surface area contributed by atoms with Gasteiger partial charge in [-0.1, -0.05) is 25.1 Å². The summed E-state index contributed by atoms with van der Waals surface area (Å²) in [5, 5.41) is 4.56. The van der Waals surface area contributed by atoms with Crippen LogP contribution in [-0.4, -0.2) is 11.5 Å². The molecule has 0 saturated heterocycles. The van der Waals surface area contributed by atoms with E-state index in [2.05, 4.69) is 42.3 Å². The third-order valence-corrected chi connectivity index (χ3v) is 3.67. The molecule has 0 aliphatic rings. The summed E-state index contributed by atoms with van der Waals surface area (Å²) < 4.78 is 6.05. The number of furan rings is 1. The summed E-state index contributed by atoms with van der Waals surface area (Å²) in [5.41, 5.74) is 2.08. The predicted octanol–water partition coefficient (Wildman–Crippen LogP) is 4.56. The average Bonchev–Trinajstić information content (AvgIpc) is 3.02. The highest BCUT2D eigenvalue weighted by atomic mass is 16.3. The first kappa shape index (κ1) is 13.8. The SMILES string of the molecule is CCCNC(C)c1ccc(-c2cccc3ncccc23)o1. The van der Waals surface area contributed by atoms with Crippen molar-refractivity contribution in [2.24, 2.45) is 0 Å². The van der Waals surface area contributed by atoms with Gasteiger partial charge < -0.3 is 9.73 Å². The van der Waals surface area contributed by atoms with E-state index >= 15 is 0 Å². The molecule has 1 aromatic carbocycles. The monoisotopic (exact) mass is 280 g/mol. The Kier molecular flexibility index (Phi) is 4.02. The van der Waals surface area contributed by atoms with E-state index in [0.717, 1.165) is 41.0 Å². The summed E-state index contributed by atoms with van der Waals surface area (Å²) in [7, 11) is 0. The van der Waals surface area contributed by atoms with Gasteiger partial charge in [0.05, 0.1) is 11.6 Å². The lowest BCUT2D eigenvalue weighted by Gasteiger charge is -2.10. The zero-order chi connectivity index (χ0) is 14.7. The molecule has 108 valence electrons. The Morgan fingerprint density at radius 2 is 2.05 bits per heavy atom. The number of fused-ring (bicyclic) bond motifs is 1. The normalized spacial score (nSPS) is 12.7. The lowest BCUT2D eigenvalue weighted by atomic mass is 10.1. The molecule has 0 aliphatic carbocycles. The van der Waals surface area contributed by atoms with Crippen molar-refractivity contribution in [3.63, 3.8) is 0 Å². The molecule has 3 nitrogen and oxygen atoms in total. The number of pyridine rings is 1. The van der Waals surface area contributed by atoms with Crippen molar-refractivity contribution in [1.82, 2.24) is 10.3 Å². The Balaban J connectivity index is 1.95. The summed E-state index contributed by atoms with van der Waals surface area (Å²) in [4.78, 5) is 4.40. The molecule has 0 spiro atoms. The molecule has 2 aromatic heterocycles. The fourth-order valence-electron chi connectivity index (χ4n) is 2.51. The minimum absolute atomic E-state index is 0.229. The third-order valence-electron chi connectivity index (χ3n) is 3.67. The summed E-state index contributed by atoms with van der Waals surface area (Å²) in [6.07, 6.45) is 2.93. The summed E-state index contributed by atoms with van der Waals surface area (Å²) in [6, 6.07) is 14.5. The Hall–Kier alpha value is -2.13. The van der Waals surface area contributed by atoms with Gasteiger partial charge in [-0.2, -0.15) is 0 Å². The van der Waals surface area contributed by atoms with E-state index in [1.165, 1.54) is 0 Å². The Morgan fingerprint density at radius 1 is 1.14 bits per heavy atom. The molecule has 0 bridgehead atoms. The first-order chi connectivity index (χ1) is 10.3. The van der Waals surface area contributed by atoms with Crippen LogP contribution in [0.4, 0.5) is 0 Å². The smallest absolute Gasteiger partial charge is 0.135 e. The molecule has 1 atom stereocenters. The van der Waals surface area contributed by atoms with Gasteiger partial charge in [0.25, 0.3) is 0 Å². The van der Waals surface area contributed by atoms with E-state index in [9.17, 15) is 0 Å². The second-order valence-electron chi connectivity index (χ2n) is 5.25.